The second-order valence-corrected chi connectivity index (χ2v) is 9.68. The van der Waals surface area contributed by atoms with Crippen molar-refractivity contribution in [3.63, 3.8) is 0 Å². The number of nitrogens with one attached hydrogen (secondary N) is 1. The number of hydrogen-bond donors (Lipinski definition) is 1. The number of rotatable bonds is 6. The van der Waals surface area contributed by atoms with Crippen LogP contribution in [0.3, 0.4) is 0 Å². The maximum atomic E-state index is 12.3. The standard InChI is InChI=1S/C18H28N2O3S/c1-13(2)24(22,23)15(4)18(21)19-17-10-11-20(12-17)14(3)16-8-6-5-7-9-16/h5-9,13-15,17H,10-12H2,1-4H3,(H,19,21)/t14-,15+,17+/m1/s1. The number of amides is 1. The molecule has 0 aromatic heterocycles. The highest BCUT2D eigenvalue weighted by Gasteiger charge is 2.34. The number of likely N-dealkylation sites (tertiary alicyclic amines) is 1. The number of nitrogens with zero attached hydrogens (tertiary/aromatic N) is 1. The molecule has 1 aromatic carbocycles. The monoisotopic (exact) mass is 352 g/mol. The SMILES string of the molecule is CC(C)S(=O)(=O)[C@@H](C)C(=O)N[C@H]1CCN([C@H](C)c2ccccc2)C1. The van der Waals surface area contributed by atoms with Gasteiger partial charge in [-0.2, -0.15) is 0 Å². The van der Waals surface area contributed by atoms with Crippen LogP contribution < -0.4 is 5.32 Å². The third-order valence-corrected chi connectivity index (χ3v) is 7.43. The molecule has 0 spiro atoms. The molecule has 1 fully saturated rings. The van der Waals surface area contributed by atoms with Gasteiger partial charge in [0.25, 0.3) is 0 Å². The van der Waals surface area contributed by atoms with Crippen molar-refractivity contribution in [3.8, 4) is 0 Å². The quantitative estimate of drug-likeness (QED) is 0.852. The van der Waals surface area contributed by atoms with Crippen LogP contribution in [0.25, 0.3) is 0 Å². The molecule has 5 nitrogen and oxygen atoms in total. The van der Waals surface area contributed by atoms with Crippen LogP contribution in [0.5, 0.6) is 0 Å². The van der Waals surface area contributed by atoms with Crippen molar-refractivity contribution in [2.75, 3.05) is 13.1 Å². The maximum absolute atomic E-state index is 12.3. The Morgan fingerprint density at radius 3 is 2.38 bits per heavy atom. The Morgan fingerprint density at radius 2 is 1.79 bits per heavy atom. The van der Waals surface area contributed by atoms with Crippen molar-refractivity contribution in [3.05, 3.63) is 35.9 Å². The third kappa shape index (κ3) is 4.16. The zero-order valence-electron chi connectivity index (χ0n) is 14.9. The molecule has 1 aliphatic rings. The van der Waals surface area contributed by atoms with Gasteiger partial charge in [0, 0.05) is 25.2 Å². The molecule has 24 heavy (non-hydrogen) atoms. The van der Waals surface area contributed by atoms with Crippen LogP contribution in [-0.2, 0) is 14.6 Å². The number of benzene rings is 1. The molecule has 1 aliphatic heterocycles. The van der Waals surface area contributed by atoms with E-state index in [1.165, 1.54) is 12.5 Å². The predicted molar refractivity (Wildman–Crippen MR) is 96.5 cm³/mol. The Morgan fingerprint density at radius 1 is 1.17 bits per heavy atom. The summed E-state index contributed by atoms with van der Waals surface area (Å²) in [7, 11) is -3.42. The second kappa shape index (κ2) is 7.66. The molecule has 1 heterocycles. The lowest BCUT2D eigenvalue weighted by Gasteiger charge is -2.25. The summed E-state index contributed by atoms with van der Waals surface area (Å²) in [5.41, 5.74) is 1.25. The first-order valence-corrected chi connectivity index (χ1v) is 10.2. The van der Waals surface area contributed by atoms with E-state index >= 15 is 0 Å². The summed E-state index contributed by atoms with van der Waals surface area (Å²) < 4.78 is 24.3. The fraction of sp³-hybridized carbons (Fsp3) is 0.611. The lowest BCUT2D eigenvalue weighted by Crippen LogP contribution is -2.46. The normalized spacial score (nSPS) is 21.6. The van der Waals surface area contributed by atoms with Crippen LogP contribution in [0.15, 0.2) is 30.3 Å². The molecule has 1 aromatic rings. The zero-order valence-corrected chi connectivity index (χ0v) is 15.7. The lowest BCUT2D eigenvalue weighted by molar-refractivity contribution is -0.121. The van der Waals surface area contributed by atoms with Crippen LogP contribution in [0, 0.1) is 0 Å². The van der Waals surface area contributed by atoms with Crippen LogP contribution in [0.2, 0.25) is 0 Å². The molecule has 1 amide bonds. The van der Waals surface area contributed by atoms with E-state index in [9.17, 15) is 13.2 Å². The molecule has 3 atom stereocenters. The minimum Gasteiger partial charge on any atom is -0.351 e. The molecule has 0 aliphatic carbocycles. The maximum Gasteiger partial charge on any atom is 0.238 e. The first-order chi connectivity index (χ1) is 11.2. The topological polar surface area (TPSA) is 66.5 Å². The average molecular weight is 353 g/mol. The first kappa shape index (κ1) is 18.9. The van der Waals surface area contributed by atoms with Gasteiger partial charge in [-0.3, -0.25) is 9.69 Å². The van der Waals surface area contributed by atoms with Gasteiger partial charge in [-0.25, -0.2) is 8.42 Å². The summed E-state index contributed by atoms with van der Waals surface area (Å²) >= 11 is 0. The summed E-state index contributed by atoms with van der Waals surface area (Å²) in [6.07, 6.45) is 0.845. The highest BCUT2D eigenvalue weighted by molar-refractivity contribution is 7.93. The van der Waals surface area contributed by atoms with E-state index in [0.717, 1.165) is 19.5 Å². The molecular formula is C18H28N2O3S. The van der Waals surface area contributed by atoms with E-state index in [4.69, 9.17) is 0 Å². The molecule has 2 rings (SSSR count). The average Bonchev–Trinajstić information content (AvgIpc) is 3.02. The lowest BCUT2D eigenvalue weighted by atomic mass is 10.1. The van der Waals surface area contributed by atoms with Gasteiger partial charge in [0.1, 0.15) is 5.25 Å². The number of carbonyl (C=O) groups excluding carboxylic acids is 1. The summed E-state index contributed by atoms with van der Waals surface area (Å²) in [5, 5.41) is 1.37. The molecular weight excluding hydrogens is 324 g/mol. The Labute approximate surface area is 145 Å². The van der Waals surface area contributed by atoms with E-state index in [1.54, 1.807) is 13.8 Å². The van der Waals surface area contributed by atoms with Gasteiger partial charge in [0.2, 0.25) is 5.91 Å². The molecule has 134 valence electrons. The van der Waals surface area contributed by atoms with Gasteiger partial charge in [-0.15, -0.1) is 0 Å². The second-order valence-electron chi connectivity index (χ2n) is 6.86. The van der Waals surface area contributed by atoms with Crippen molar-refractivity contribution in [1.82, 2.24) is 10.2 Å². The Bertz CT molecular complexity index is 658. The molecule has 6 heteroatoms. The van der Waals surface area contributed by atoms with E-state index in [1.807, 2.05) is 18.2 Å². The van der Waals surface area contributed by atoms with Gasteiger partial charge >= 0.3 is 0 Å². The molecule has 1 saturated heterocycles. The van der Waals surface area contributed by atoms with E-state index in [-0.39, 0.29) is 18.0 Å². The zero-order chi connectivity index (χ0) is 17.9. The summed E-state index contributed by atoms with van der Waals surface area (Å²) in [6.45, 7) is 8.49. The molecule has 0 saturated carbocycles. The van der Waals surface area contributed by atoms with Crippen LogP contribution in [0.1, 0.15) is 45.7 Å². The smallest absolute Gasteiger partial charge is 0.238 e. The first-order valence-electron chi connectivity index (χ1n) is 8.55. The van der Waals surface area contributed by atoms with Gasteiger partial charge in [0.15, 0.2) is 9.84 Å². The van der Waals surface area contributed by atoms with Crippen LogP contribution in [0.4, 0.5) is 0 Å². The van der Waals surface area contributed by atoms with E-state index in [2.05, 4.69) is 29.3 Å². The highest BCUT2D eigenvalue weighted by Crippen LogP contribution is 2.24. The van der Waals surface area contributed by atoms with Crippen molar-refractivity contribution in [2.45, 2.75) is 56.7 Å². The fourth-order valence-electron chi connectivity index (χ4n) is 3.08. The summed E-state index contributed by atoms with van der Waals surface area (Å²) in [4.78, 5) is 14.6. The van der Waals surface area contributed by atoms with Crippen molar-refractivity contribution in [2.24, 2.45) is 0 Å². The summed E-state index contributed by atoms with van der Waals surface area (Å²) in [6, 6.07) is 10.6. The van der Waals surface area contributed by atoms with Crippen molar-refractivity contribution < 1.29 is 13.2 Å². The highest BCUT2D eigenvalue weighted by atomic mass is 32.2. The van der Waals surface area contributed by atoms with E-state index in [0.29, 0.717) is 0 Å². The Hall–Kier alpha value is -1.40. The number of hydrogen-bond acceptors (Lipinski definition) is 4. The Kier molecular flexibility index (Phi) is 6.04. The number of sulfone groups is 1. The summed E-state index contributed by atoms with van der Waals surface area (Å²) in [5.74, 6) is -0.386. The number of carbonyl (C=O) groups is 1. The van der Waals surface area contributed by atoms with Crippen molar-refractivity contribution >= 4 is 15.7 Å². The van der Waals surface area contributed by atoms with Gasteiger partial charge in [-0.1, -0.05) is 30.3 Å². The van der Waals surface area contributed by atoms with Crippen molar-refractivity contribution in [1.29, 1.82) is 0 Å². The van der Waals surface area contributed by atoms with Gasteiger partial charge < -0.3 is 5.32 Å². The van der Waals surface area contributed by atoms with Gasteiger partial charge in [0.05, 0.1) is 5.25 Å². The fourth-order valence-corrected chi connectivity index (χ4v) is 4.26. The molecule has 0 unspecified atom stereocenters. The Balaban J connectivity index is 1.93. The van der Waals surface area contributed by atoms with Crippen LogP contribution in [-0.4, -0.2) is 48.9 Å². The van der Waals surface area contributed by atoms with Gasteiger partial charge in [-0.05, 0) is 39.7 Å². The minimum atomic E-state index is -3.42. The molecule has 1 N–H and O–H groups in total. The minimum absolute atomic E-state index is 0.00785. The predicted octanol–water partition coefficient (Wildman–Crippen LogP) is 2.15. The van der Waals surface area contributed by atoms with E-state index < -0.39 is 20.3 Å². The largest absolute Gasteiger partial charge is 0.351 e. The molecule has 0 radical (unpaired) electrons. The van der Waals surface area contributed by atoms with Crippen LogP contribution >= 0.6 is 0 Å². The molecule has 0 bridgehead atoms. The third-order valence-electron chi connectivity index (χ3n) is 4.91.